The summed E-state index contributed by atoms with van der Waals surface area (Å²) in [6.07, 6.45) is 1.23. The molecule has 0 saturated heterocycles. The van der Waals surface area contributed by atoms with Crippen LogP contribution in [-0.2, 0) is 6.18 Å². The average molecular weight is 572 g/mol. The minimum atomic E-state index is -4.60. The first-order chi connectivity index (χ1) is 20.2. The predicted octanol–water partition coefficient (Wildman–Crippen LogP) is 7.20. The Morgan fingerprint density at radius 1 is 1.02 bits per heavy atom. The van der Waals surface area contributed by atoms with Gasteiger partial charge in [0, 0.05) is 0 Å². The Hall–Kier alpha value is -5.24. The number of rotatable bonds is 6. The zero-order valence-electron chi connectivity index (χ0n) is 21.8. The van der Waals surface area contributed by atoms with Gasteiger partial charge in [0.2, 0.25) is 5.95 Å². The van der Waals surface area contributed by atoms with Gasteiger partial charge < -0.3 is 0 Å². The summed E-state index contributed by atoms with van der Waals surface area (Å²) in [6, 6.07) is 17.7. The van der Waals surface area contributed by atoms with E-state index in [0.717, 1.165) is 48.1 Å². The predicted molar refractivity (Wildman–Crippen MR) is 148 cm³/mol. The van der Waals surface area contributed by atoms with Crippen molar-refractivity contribution in [2.24, 2.45) is 5.92 Å². The summed E-state index contributed by atoms with van der Waals surface area (Å²) < 4.78 is 59.7. The molecule has 42 heavy (non-hydrogen) atoms. The van der Waals surface area contributed by atoms with Gasteiger partial charge in [0.25, 0.3) is 0 Å². The van der Waals surface area contributed by atoms with Crippen molar-refractivity contribution in [2.75, 3.05) is 0 Å². The third-order valence-electron chi connectivity index (χ3n) is 7.43. The van der Waals surface area contributed by atoms with Crippen molar-refractivity contribution in [3.8, 4) is 6.07 Å². The van der Waals surface area contributed by atoms with Crippen LogP contribution in [0.4, 0.5) is 17.6 Å². The van der Waals surface area contributed by atoms with Gasteiger partial charge in [-0.05, 0) is 82.5 Å². The molecule has 2 N–H and O–H groups in total. The van der Waals surface area contributed by atoms with Crippen molar-refractivity contribution in [3.63, 3.8) is 0 Å². The number of fused-ring (bicyclic) bond motifs is 1. The van der Waals surface area contributed by atoms with E-state index in [-0.39, 0.29) is 22.7 Å². The highest BCUT2D eigenvalue weighted by atomic mass is 19.4. The molecule has 1 aliphatic rings. The molecule has 3 aromatic carbocycles. The zero-order valence-corrected chi connectivity index (χ0v) is 21.8. The molecule has 5 aromatic rings. The van der Waals surface area contributed by atoms with Gasteiger partial charge in [0.15, 0.2) is 5.82 Å². The van der Waals surface area contributed by atoms with Crippen LogP contribution in [0.1, 0.15) is 58.5 Å². The molecule has 6 rings (SSSR count). The number of hydrogen-bond donors (Lipinski definition) is 2. The number of allylic oxidation sites excluding steroid dienone is 1. The van der Waals surface area contributed by atoms with Gasteiger partial charge in [-0.15, -0.1) is 0 Å². The lowest BCUT2D eigenvalue weighted by atomic mass is 9.72. The number of benzene rings is 3. The summed E-state index contributed by atoms with van der Waals surface area (Å²) in [7, 11) is 0. The molecule has 1 aliphatic carbocycles. The highest BCUT2D eigenvalue weighted by Crippen LogP contribution is 2.47. The number of aromatic amines is 2. The number of H-pyrrole nitrogens is 2. The Labute approximate surface area is 235 Å². The number of nitrogens with one attached hydrogen (secondary N) is 2. The van der Waals surface area contributed by atoms with Crippen molar-refractivity contribution in [1.82, 2.24) is 20.3 Å². The van der Waals surface area contributed by atoms with E-state index in [2.05, 4.69) is 24.9 Å². The summed E-state index contributed by atoms with van der Waals surface area (Å²) in [5, 5.41) is 20.1. The summed E-state index contributed by atoms with van der Waals surface area (Å²) in [5.74, 6) is -1.04. The third-order valence-corrected chi connectivity index (χ3v) is 7.43. The second-order valence-corrected chi connectivity index (χ2v) is 9.99. The van der Waals surface area contributed by atoms with Crippen molar-refractivity contribution >= 4 is 34.2 Å². The van der Waals surface area contributed by atoms with Crippen LogP contribution in [0.3, 0.4) is 0 Å². The fraction of sp³-hybridized carbons (Fsp3) is 0.161. The minimum Gasteiger partial charge on any atom is -0.296 e. The van der Waals surface area contributed by atoms with Crippen molar-refractivity contribution in [1.29, 1.82) is 5.26 Å². The van der Waals surface area contributed by atoms with Crippen molar-refractivity contribution in [3.05, 3.63) is 116 Å². The average Bonchev–Trinajstić information content (AvgIpc) is 3.55. The minimum absolute atomic E-state index is 0.0164. The molecule has 2 heterocycles. The number of hydrogen-bond acceptors (Lipinski definition) is 5. The summed E-state index contributed by atoms with van der Waals surface area (Å²) in [5.41, 5.74) is 3.43. The van der Waals surface area contributed by atoms with Crippen LogP contribution in [0.5, 0.6) is 0 Å². The van der Waals surface area contributed by atoms with Gasteiger partial charge in [-0.3, -0.25) is 14.6 Å². The first-order valence-corrected chi connectivity index (χ1v) is 13.1. The first-order valence-electron chi connectivity index (χ1n) is 13.1. The van der Waals surface area contributed by atoms with Crippen LogP contribution in [0, 0.1) is 23.2 Å². The highest BCUT2D eigenvalue weighted by molar-refractivity contribution is 6.02. The topological polar surface area (TPSA) is 111 Å². The van der Waals surface area contributed by atoms with Gasteiger partial charge in [-0.25, -0.2) is 4.79 Å². The molecule has 1 fully saturated rings. The van der Waals surface area contributed by atoms with Gasteiger partial charge in [-0.1, -0.05) is 54.1 Å². The van der Waals surface area contributed by atoms with Crippen LogP contribution in [0.25, 0.3) is 34.2 Å². The monoisotopic (exact) mass is 571 g/mol. The lowest BCUT2D eigenvalue weighted by molar-refractivity contribution is -0.137. The lowest BCUT2D eigenvalue weighted by Gasteiger charge is -2.32. The quantitative estimate of drug-likeness (QED) is 0.165. The SMILES string of the molecule is N#Cc1cc(C(F)(F)F)ccc1C(=C(c1ccc(/C=C/c2noc(=O)[nH]2)cc1)c1ccc2n[nH]c(F)c2c1)C1CCC1. The van der Waals surface area contributed by atoms with E-state index in [1.54, 1.807) is 30.4 Å². The number of nitriles is 1. The molecule has 0 unspecified atom stereocenters. The Kier molecular flexibility index (Phi) is 6.82. The second-order valence-electron chi connectivity index (χ2n) is 9.99. The van der Waals surface area contributed by atoms with E-state index in [1.807, 2.05) is 30.3 Å². The number of halogens is 4. The van der Waals surface area contributed by atoms with Gasteiger partial charge in [-0.2, -0.15) is 27.9 Å². The Bertz CT molecular complexity index is 1950. The maximum Gasteiger partial charge on any atom is 0.439 e. The standard InChI is InChI=1S/C31H21F4N5O2/c32-29-24-15-20(9-12-25(24)38-39-29)27(19-7-4-17(5-8-19)6-13-26-37-30(41)42-40-26)28(18-2-1-3-18)23-11-10-22(31(33,34)35)14-21(23)16-36/h4-15,18H,1-3H2,(H,38,39)(H,37,40,41)/b13-6+,28-27?. The van der Waals surface area contributed by atoms with E-state index >= 15 is 0 Å². The largest absolute Gasteiger partial charge is 0.439 e. The molecular formula is C31H21F4N5O2. The molecule has 0 radical (unpaired) electrons. The summed E-state index contributed by atoms with van der Waals surface area (Å²) in [4.78, 5) is 13.6. The number of nitrogens with zero attached hydrogens (tertiary/aromatic N) is 3. The highest BCUT2D eigenvalue weighted by Gasteiger charge is 2.33. The van der Waals surface area contributed by atoms with E-state index in [9.17, 15) is 27.6 Å². The smallest absolute Gasteiger partial charge is 0.296 e. The first kappa shape index (κ1) is 27.0. The molecule has 0 atom stereocenters. The molecular weight excluding hydrogens is 550 g/mol. The van der Waals surface area contributed by atoms with Gasteiger partial charge in [0.05, 0.1) is 28.1 Å². The van der Waals surface area contributed by atoms with Gasteiger partial charge in [0.1, 0.15) is 0 Å². The van der Waals surface area contributed by atoms with Crippen molar-refractivity contribution in [2.45, 2.75) is 25.4 Å². The molecule has 0 bridgehead atoms. The van der Waals surface area contributed by atoms with Crippen LogP contribution in [0.15, 0.2) is 70.0 Å². The van der Waals surface area contributed by atoms with Crippen LogP contribution in [-0.4, -0.2) is 20.3 Å². The number of aromatic nitrogens is 4. The third kappa shape index (κ3) is 5.14. The van der Waals surface area contributed by atoms with Crippen LogP contribution < -0.4 is 5.76 Å². The summed E-state index contributed by atoms with van der Waals surface area (Å²) in [6.45, 7) is 0. The molecule has 0 aliphatic heterocycles. The normalized spacial score (nSPS) is 14.6. The fourth-order valence-electron chi connectivity index (χ4n) is 5.16. The Morgan fingerprint density at radius 2 is 1.79 bits per heavy atom. The molecule has 7 nitrogen and oxygen atoms in total. The molecule has 2 aromatic heterocycles. The maximum atomic E-state index is 14.6. The molecule has 0 amide bonds. The van der Waals surface area contributed by atoms with E-state index in [4.69, 9.17) is 0 Å². The molecule has 11 heteroatoms. The number of alkyl halides is 3. The van der Waals surface area contributed by atoms with E-state index < -0.39 is 23.4 Å². The van der Waals surface area contributed by atoms with Gasteiger partial charge >= 0.3 is 11.9 Å². The van der Waals surface area contributed by atoms with Crippen LogP contribution >= 0.6 is 0 Å². The zero-order chi connectivity index (χ0) is 29.4. The lowest BCUT2D eigenvalue weighted by Crippen LogP contribution is -2.16. The van der Waals surface area contributed by atoms with E-state index in [1.165, 1.54) is 6.07 Å². The van der Waals surface area contributed by atoms with Crippen LogP contribution in [0.2, 0.25) is 0 Å². The Morgan fingerprint density at radius 3 is 2.43 bits per heavy atom. The summed E-state index contributed by atoms with van der Waals surface area (Å²) >= 11 is 0. The molecule has 210 valence electrons. The second kappa shape index (κ2) is 10.6. The van der Waals surface area contributed by atoms with Crippen molar-refractivity contribution < 1.29 is 22.1 Å². The van der Waals surface area contributed by atoms with E-state index in [0.29, 0.717) is 22.2 Å². The Balaban J connectivity index is 1.56. The molecule has 0 spiro atoms. The fourth-order valence-corrected chi connectivity index (χ4v) is 5.16. The molecule has 1 saturated carbocycles. The maximum absolute atomic E-state index is 14.6.